The number of benzene rings is 2. The molecule has 0 aromatic heterocycles. The highest BCUT2D eigenvalue weighted by Crippen LogP contribution is 2.40. The maximum atomic E-state index is 5.39. The van der Waals surface area contributed by atoms with Crippen molar-refractivity contribution in [3.63, 3.8) is 0 Å². The van der Waals surface area contributed by atoms with E-state index in [-0.39, 0.29) is 0 Å². The standard InChI is InChI=1S/C14H12O/c1-15-14-8-4-7-12-11-6-3-2-5-10(11)9-13(12)14/h2-8H,9H2,1H3. The molecule has 74 valence electrons. The first-order valence-electron chi connectivity index (χ1n) is 5.14. The number of fused-ring (bicyclic) bond motifs is 3. The zero-order valence-corrected chi connectivity index (χ0v) is 8.66. The third-order valence-corrected chi connectivity index (χ3v) is 3.03. The van der Waals surface area contributed by atoms with E-state index in [0.717, 1.165) is 12.2 Å². The summed E-state index contributed by atoms with van der Waals surface area (Å²) in [4.78, 5) is 0. The van der Waals surface area contributed by atoms with Crippen LogP contribution in [0.2, 0.25) is 0 Å². The molecule has 2 aromatic rings. The number of hydrogen-bond acceptors (Lipinski definition) is 1. The van der Waals surface area contributed by atoms with E-state index in [1.807, 2.05) is 6.07 Å². The predicted octanol–water partition coefficient (Wildman–Crippen LogP) is 3.27. The maximum Gasteiger partial charge on any atom is 0.123 e. The zero-order chi connectivity index (χ0) is 10.3. The average molecular weight is 196 g/mol. The van der Waals surface area contributed by atoms with Crippen LogP contribution >= 0.6 is 0 Å². The van der Waals surface area contributed by atoms with Gasteiger partial charge in [-0.25, -0.2) is 0 Å². The van der Waals surface area contributed by atoms with Gasteiger partial charge in [-0.1, -0.05) is 36.4 Å². The van der Waals surface area contributed by atoms with E-state index >= 15 is 0 Å². The molecule has 0 radical (unpaired) electrons. The van der Waals surface area contributed by atoms with Gasteiger partial charge in [0, 0.05) is 12.0 Å². The van der Waals surface area contributed by atoms with Crippen molar-refractivity contribution in [2.75, 3.05) is 7.11 Å². The summed E-state index contributed by atoms with van der Waals surface area (Å²) in [5.41, 5.74) is 5.40. The third-order valence-electron chi connectivity index (χ3n) is 3.03. The third kappa shape index (κ3) is 1.16. The Bertz CT molecular complexity index is 514. The van der Waals surface area contributed by atoms with E-state index in [0.29, 0.717) is 0 Å². The summed E-state index contributed by atoms with van der Waals surface area (Å²) >= 11 is 0. The molecule has 1 aliphatic rings. The summed E-state index contributed by atoms with van der Waals surface area (Å²) in [6.45, 7) is 0. The minimum Gasteiger partial charge on any atom is -0.496 e. The molecule has 3 rings (SSSR count). The monoisotopic (exact) mass is 196 g/mol. The minimum atomic E-state index is 0.996. The lowest BCUT2D eigenvalue weighted by Gasteiger charge is -2.05. The molecule has 0 N–H and O–H groups in total. The molecule has 0 bridgehead atoms. The van der Waals surface area contributed by atoms with Crippen LogP contribution in [0.5, 0.6) is 5.75 Å². The molecule has 0 aliphatic heterocycles. The topological polar surface area (TPSA) is 9.23 Å². The highest BCUT2D eigenvalue weighted by Gasteiger charge is 2.20. The van der Waals surface area contributed by atoms with Gasteiger partial charge in [0.15, 0.2) is 0 Å². The normalized spacial score (nSPS) is 12.1. The second-order valence-electron chi connectivity index (χ2n) is 3.82. The van der Waals surface area contributed by atoms with E-state index in [1.165, 1.54) is 22.3 Å². The number of hydrogen-bond donors (Lipinski definition) is 0. The van der Waals surface area contributed by atoms with Crippen LogP contribution in [0.3, 0.4) is 0 Å². The van der Waals surface area contributed by atoms with Gasteiger partial charge in [-0.2, -0.15) is 0 Å². The molecule has 0 fully saturated rings. The Hall–Kier alpha value is -1.76. The van der Waals surface area contributed by atoms with Crippen LogP contribution in [0, 0.1) is 0 Å². The van der Waals surface area contributed by atoms with E-state index in [1.54, 1.807) is 7.11 Å². The van der Waals surface area contributed by atoms with Crippen molar-refractivity contribution in [3.8, 4) is 16.9 Å². The van der Waals surface area contributed by atoms with Crippen molar-refractivity contribution in [3.05, 3.63) is 53.6 Å². The lowest BCUT2D eigenvalue weighted by molar-refractivity contribution is 0.411. The lowest BCUT2D eigenvalue weighted by atomic mass is 10.1. The van der Waals surface area contributed by atoms with Gasteiger partial charge in [-0.15, -0.1) is 0 Å². The number of rotatable bonds is 1. The Kier molecular flexibility index (Phi) is 1.78. The lowest BCUT2D eigenvalue weighted by Crippen LogP contribution is -1.89. The average Bonchev–Trinajstić information content (AvgIpc) is 2.67. The molecule has 1 aliphatic carbocycles. The second kappa shape index (κ2) is 3.13. The molecule has 0 heterocycles. The summed E-state index contributed by atoms with van der Waals surface area (Å²) < 4.78 is 5.39. The largest absolute Gasteiger partial charge is 0.496 e. The van der Waals surface area contributed by atoms with Crippen LogP contribution in [0.4, 0.5) is 0 Å². The van der Waals surface area contributed by atoms with E-state index in [9.17, 15) is 0 Å². The fraction of sp³-hybridized carbons (Fsp3) is 0.143. The fourth-order valence-corrected chi connectivity index (χ4v) is 2.32. The Balaban J connectivity index is 2.26. The SMILES string of the molecule is COc1cccc2c1Cc1ccccc1-2. The van der Waals surface area contributed by atoms with Crippen LogP contribution < -0.4 is 4.74 Å². The summed E-state index contributed by atoms with van der Waals surface area (Å²) in [5.74, 6) is 1.00. The van der Waals surface area contributed by atoms with E-state index in [2.05, 4.69) is 36.4 Å². The molecule has 1 nitrogen and oxygen atoms in total. The summed E-state index contributed by atoms with van der Waals surface area (Å²) in [6.07, 6.45) is 0.996. The van der Waals surface area contributed by atoms with Gasteiger partial charge >= 0.3 is 0 Å². The van der Waals surface area contributed by atoms with Gasteiger partial charge in [0.25, 0.3) is 0 Å². The van der Waals surface area contributed by atoms with Crippen molar-refractivity contribution in [2.24, 2.45) is 0 Å². The summed E-state index contributed by atoms with van der Waals surface area (Å²) in [6, 6.07) is 14.8. The van der Waals surface area contributed by atoms with Gasteiger partial charge in [0.2, 0.25) is 0 Å². The molecular formula is C14H12O. The Labute approximate surface area is 89.3 Å². The van der Waals surface area contributed by atoms with E-state index < -0.39 is 0 Å². The smallest absolute Gasteiger partial charge is 0.123 e. The van der Waals surface area contributed by atoms with Gasteiger partial charge < -0.3 is 4.74 Å². The molecule has 0 unspecified atom stereocenters. The molecule has 2 aromatic carbocycles. The number of ether oxygens (including phenoxy) is 1. The van der Waals surface area contributed by atoms with Gasteiger partial charge in [0.05, 0.1) is 7.11 Å². The van der Waals surface area contributed by atoms with Crippen LogP contribution in [0.1, 0.15) is 11.1 Å². The van der Waals surface area contributed by atoms with Crippen molar-refractivity contribution >= 4 is 0 Å². The quantitative estimate of drug-likeness (QED) is 0.580. The molecule has 0 atom stereocenters. The van der Waals surface area contributed by atoms with Gasteiger partial charge in [0.1, 0.15) is 5.75 Å². The van der Waals surface area contributed by atoms with Gasteiger partial charge in [-0.3, -0.25) is 0 Å². The van der Waals surface area contributed by atoms with Crippen LogP contribution in [-0.2, 0) is 6.42 Å². The predicted molar refractivity (Wildman–Crippen MR) is 61.2 cm³/mol. The van der Waals surface area contributed by atoms with Crippen molar-refractivity contribution < 1.29 is 4.74 Å². The molecule has 0 saturated carbocycles. The highest BCUT2D eigenvalue weighted by molar-refractivity contribution is 5.78. The van der Waals surface area contributed by atoms with Crippen LogP contribution in [0.15, 0.2) is 42.5 Å². The first-order valence-corrected chi connectivity index (χ1v) is 5.14. The summed E-state index contributed by atoms with van der Waals surface area (Å²) in [7, 11) is 1.73. The van der Waals surface area contributed by atoms with Crippen molar-refractivity contribution in [1.29, 1.82) is 0 Å². The molecule has 0 saturated heterocycles. The Morgan fingerprint density at radius 2 is 1.73 bits per heavy atom. The van der Waals surface area contributed by atoms with Crippen molar-refractivity contribution in [2.45, 2.75) is 6.42 Å². The molecule has 0 amide bonds. The van der Waals surface area contributed by atoms with Crippen LogP contribution in [-0.4, -0.2) is 7.11 Å². The van der Waals surface area contributed by atoms with Crippen molar-refractivity contribution in [1.82, 2.24) is 0 Å². The first kappa shape index (κ1) is 8.54. The summed E-state index contributed by atoms with van der Waals surface area (Å²) in [5, 5.41) is 0. The molecule has 1 heteroatoms. The highest BCUT2D eigenvalue weighted by atomic mass is 16.5. The fourth-order valence-electron chi connectivity index (χ4n) is 2.32. The molecular weight excluding hydrogens is 184 g/mol. The van der Waals surface area contributed by atoms with Gasteiger partial charge in [-0.05, 0) is 22.8 Å². The minimum absolute atomic E-state index is 0.996. The Morgan fingerprint density at radius 3 is 2.60 bits per heavy atom. The second-order valence-corrected chi connectivity index (χ2v) is 3.82. The molecule has 0 spiro atoms. The Morgan fingerprint density at radius 1 is 0.933 bits per heavy atom. The molecule has 15 heavy (non-hydrogen) atoms. The zero-order valence-electron chi connectivity index (χ0n) is 8.66. The number of methoxy groups -OCH3 is 1. The first-order chi connectivity index (χ1) is 7.40. The van der Waals surface area contributed by atoms with E-state index in [4.69, 9.17) is 4.74 Å². The van der Waals surface area contributed by atoms with Crippen LogP contribution in [0.25, 0.3) is 11.1 Å². The maximum absolute atomic E-state index is 5.39.